The fraction of sp³-hybridized carbons (Fsp3) is 0.700. The predicted molar refractivity (Wildman–Crippen MR) is 113 cm³/mol. The van der Waals surface area contributed by atoms with E-state index in [1.54, 1.807) is 27.7 Å². The Bertz CT molecular complexity index is 889. The van der Waals surface area contributed by atoms with E-state index in [1.165, 1.54) is 12.3 Å². The van der Waals surface area contributed by atoms with Crippen LogP contribution in [-0.4, -0.2) is 58.1 Å². The Hall–Kier alpha value is -2.57. The maximum absolute atomic E-state index is 16.0. The zero-order chi connectivity index (χ0) is 24.4. The molecule has 2 rings (SSSR count). The summed E-state index contributed by atoms with van der Waals surface area (Å²) < 4.78 is 33.1. The van der Waals surface area contributed by atoms with E-state index >= 15 is 4.39 Å². The summed E-state index contributed by atoms with van der Waals surface area (Å²) >= 11 is 0. The van der Waals surface area contributed by atoms with Crippen LogP contribution in [0.5, 0.6) is 0 Å². The number of nitrogens with zero attached hydrogens (tertiary/aromatic N) is 2. The van der Waals surface area contributed by atoms with Gasteiger partial charge in [0.15, 0.2) is 18.0 Å². The van der Waals surface area contributed by atoms with Crippen molar-refractivity contribution in [1.29, 1.82) is 0 Å². The lowest BCUT2D eigenvalue weighted by atomic mass is 9.97. The fourth-order valence-corrected chi connectivity index (χ4v) is 3.14. The average molecular weight is 458 g/mol. The zero-order valence-electron chi connectivity index (χ0n) is 18.9. The van der Waals surface area contributed by atoms with Crippen LogP contribution >= 0.6 is 0 Å². The largest absolute Gasteiger partial charge is 0.462 e. The number of aromatic nitrogens is 2. The number of alkyl halides is 1. The molecule has 1 fully saturated rings. The summed E-state index contributed by atoms with van der Waals surface area (Å²) in [5, 5.41) is 0. The maximum atomic E-state index is 16.0. The standard InChI is InChI=1S/C20H32FN5O6/c1-9(2)13(23)16(27)30-8-11-15(32-17(28)14(24)10(3)4)20(5,21)18(31-11)26-7-6-12(22)25-19(26)29/h6-7,9-11,13-15,18H,8,23-24H2,1-5H3,(H2,22,25,29)/t11-,13?,14?,15?,18-,20-/m1/s1. The molecule has 0 amide bonds. The molecule has 0 saturated carbocycles. The van der Waals surface area contributed by atoms with Gasteiger partial charge in [-0.25, -0.2) is 9.18 Å². The molecule has 1 saturated heterocycles. The molecule has 1 aromatic heterocycles. The van der Waals surface area contributed by atoms with E-state index in [0.29, 0.717) is 0 Å². The van der Waals surface area contributed by atoms with Crippen LogP contribution in [0.25, 0.3) is 0 Å². The van der Waals surface area contributed by atoms with E-state index in [-0.39, 0.29) is 17.7 Å². The molecule has 0 spiro atoms. The SMILES string of the molecule is CC(C)C(N)C(=O)OC[C@H]1O[C@@H](n2ccc(N)nc2=O)[C@](C)(F)C1OC(=O)C(N)C(C)C. The number of hydrogen-bond acceptors (Lipinski definition) is 10. The summed E-state index contributed by atoms with van der Waals surface area (Å²) in [6, 6.07) is -0.613. The summed E-state index contributed by atoms with van der Waals surface area (Å²) in [7, 11) is 0. The molecule has 180 valence electrons. The van der Waals surface area contributed by atoms with Crippen LogP contribution < -0.4 is 22.9 Å². The molecule has 32 heavy (non-hydrogen) atoms. The Morgan fingerprint density at radius 1 is 1.22 bits per heavy atom. The second-order valence-electron chi connectivity index (χ2n) is 8.75. The van der Waals surface area contributed by atoms with Crippen molar-refractivity contribution in [2.75, 3.05) is 12.3 Å². The van der Waals surface area contributed by atoms with E-state index in [1.807, 2.05) is 0 Å². The second-order valence-corrected chi connectivity index (χ2v) is 8.75. The molecule has 0 bridgehead atoms. The molecule has 3 unspecified atom stereocenters. The Morgan fingerprint density at radius 2 is 1.78 bits per heavy atom. The van der Waals surface area contributed by atoms with Crippen molar-refractivity contribution in [3.8, 4) is 0 Å². The van der Waals surface area contributed by atoms with E-state index in [2.05, 4.69) is 4.98 Å². The summed E-state index contributed by atoms with van der Waals surface area (Å²) in [5.41, 5.74) is 13.9. The van der Waals surface area contributed by atoms with Crippen molar-refractivity contribution < 1.29 is 28.2 Å². The zero-order valence-corrected chi connectivity index (χ0v) is 18.9. The number of rotatable bonds is 8. The topological polar surface area (TPSA) is 175 Å². The van der Waals surface area contributed by atoms with Crippen molar-refractivity contribution in [2.24, 2.45) is 23.3 Å². The van der Waals surface area contributed by atoms with Gasteiger partial charge in [-0.3, -0.25) is 14.2 Å². The van der Waals surface area contributed by atoms with Gasteiger partial charge in [-0.05, 0) is 24.8 Å². The summed E-state index contributed by atoms with van der Waals surface area (Å²) in [6.07, 6.45) is -3.07. The van der Waals surface area contributed by atoms with Crippen molar-refractivity contribution in [3.05, 3.63) is 22.7 Å². The maximum Gasteiger partial charge on any atom is 0.351 e. The van der Waals surface area contributed by atoms with Crippen molar-refractivity contribution in [3.63, 3.8) is 0 Å². The molecule has 6 atom stereocenters. The predicted octanol–water partition coefficient (Wildman–Crippen LogP) is -0.127. The number of nitrogens with two attached hydrogens (primary N) is 3. The summed E-state index contributed by atoms with van der Waals surface area (Å²) in [5.74, 6) is -2.08. The number of hydrogen-bond donors (Lipinski definition) is 3. The highest BCUT2D eigenvalue weighted by Crippen LogP contribution is 2.42. The molecule has 1 aliphatic heterocycles. The third-order valence-electron chi connectivity index (χ3n) is 5.40. The Kier molecular flexibility index (Phi) is 7.97. The minimum absolute atomic E-state index is 0.0520. The molecular weight excluding hydrogens is 425 g/mol. The third-order valence-corrected chi connectivity index (χ3v) is 5.40. The van der Waals surface area contributed by atoms with Gasteiger partial charge in [-0.1, -0.05) is 27.7 Å². The number of ether oxygens (including phenoxy) is 3. The van der Waals surface area contributed by atoms with Gasteiger partial charge in [-0.15, -0.1) is 0 Å². The first kappa shape index (κ1) is 25.7. The fourth-order valence-electron chi connectivity index (χ4n) is 3.14. The first-order chi connectivity index (χ1) is 14.8. The second kappa shape index (κ2) is 9.92. The minimum Gasteiger partial charge on any atom is -0.462 e. The number of nitrogen functional groups attached to an aromatic ring is 1. The van der Waals surface area contributed by atoms with Crippen LogP contribution in [0.15, 0.2) is 17.1 Å². The van der Waals surface area contributed by atoms with Crippen LogP contribution in [0.4, 0.5) is 10.2 Å². The van der Waals surface area contributed by atoms with Gasteiger partial charge in [-0.2, -0.15) is 4.98 Å². The first-order valence-electron chi connectivity index (χ1n) is 10.3. The van der Waals surface area contributed by atoms with Gasteiger partial charge in [0, 0.05) is 6.20 Å². The Labute approximate surface area is 185 Å². The molecule has 0 aromatic carbocycles. The van der Waals surface area contributed by atoms with Gasteiger partial charge >= 0.3 is 17.6 Å². The normalized spacial score (nSPS) is 27.4. The summed E-state index contributed by atoms with van der Waals surface area (Å²) in [6.45, 7) is 7.56. The van der Waals surface area contributed by atoms with E-state index in [9.17, 15) is 14.4 Å². The number of anilines is 1. The van der Waals surface area contributed by atoms with Crippen LogP contribution in [-0.2, 0) is 23.8 Å². The lowest BCUT2D eigenvalue weighted by Crippen LogP contribution is -2.49. The number of esters is 2. The van der Waals surface area contributed by atoms with Crippen LogP contribution in [0.1, 0.15) is 40.8 Å². The highest BCUT2D eigenvalue weighted by Gasteiger charge is 2.58. The third kappa shape index (κ3) is 5.43. The molecular formula is C20H32FN5O6. The van der Waals surface area contributed by atoms with Crippen LogP contribution in [0.3, 0.4) is 0 Å². The molecule has 1 aromatic rings. The van der Waals surface area contributed by atoms with Crippen LogP contribution in [0.2, 0.25) is 0 Å². The van der Waals surface area contributed by atoms with Crippen molar-refractivity contribution in [2.45, 2.75) is 70.8 Å². The highest BCUT2D eigenvalue weighted by atomic mass is 19.1. The molecule has 1 aliphatic rings. The molecule has 2 heterocycles. The van der Waals surface area contributed by atoms with Crippen molar-refractivity contribution in [1.82, 2.24) is 9.55 Å². The molecule has 11 nitrogen and oxygen atoms in total. The quantitative estimate of drug-likeness (QED) is 0.446. The Balaban J connectivity index is 2.34. The highest BCUT2D eigenvalue weighted by molar-refractivity contribution is 5.76. The van der Waals surface area contributed by atoms with E-state index in [0.717, 1.165) is 11.5 Å². The van der Waals surface area contributed by atoms with E-state index < -0.39 is 60.4 Å². The van der Waals surface area contributed by atoms with Crippen molar-refractivity contribution >= 4 is 17.8 Å². The minimum atomic E-state index is -2.40. The van der Waals surface area contributed by atoms with Gasteiger partial charge in [0.1, 0.15) is 30.6 Å². The number of halogens is 1. The van der Waals surface area contributed by atoms with Gasteiger partial charge in [0.05, 0.1) is 0 Å². The van der Waals surface area contributed by atoms with Crippen LogP contribution in [0, 0.1) is 11.8 Å². The number of carbonyl (C=O) groups excluding carboxylic acids is 2. The monoisotopic (exact) mass is 457 g/mol. The van der Waals surface area contributed by atoms with Gasteiger partial charge < -0.3 is 31.4 Å². The van der Waals surface area contributed by atoms with Gasteiger partial charge in [0.25, 0.3) is 0 Å². The molecule has 6 N–H and O–H groups in total. The smallest absolute Gasteiger partial charge is 0.351 e. The lowest BCUT2D eigenvalue weighted by Gasteiger charge is -2.29. The molecule has 0 radical (unpaired) electrons. The number of carbonyl (C=O) groups is 2. The lowest BCUT2D eigenvalue weighted by molar-refractivity contribution is -0.164. The Morgan fingerprint density at radius 3 is 2.31 bits per heavy atom. The average Bonchev–Trinajstić information content (AvgIpc) is 2.94. The van der Waals surface area contributed by atoms with Gasteiger partial charge in [0.2, 0.25) is 0 Å². The summed E-state index contributed by atoms with van der Waals surface area (Å²) in [4.78, 5) is 40.5. The molecule has 0 aliphatic carbocycles. The first-order valence-corrected chi connectivity index (χ1v) is 10.3. The van der Waals surface area contributed by atoms with E-state index in [4.69, 9.17) is 31.4 Å². The molecule has 12 heteroatoms.